The minimum atomic E-state index is -0.0448. The number of hydrogen-bond donors (Lipinski definition) is 1. The molecule has 0 radical (unpaired) electrons. The highest BCUT2D eigenvalue weighted by atomic mass is 16.6. The maximum absolute atomic E-state index is 12.8. The van der Waals surface area contributed by atoms with E-state index in [2.05, 4.69) is 11.4 Å². The quantitative estimate of drug-likeness (QED) is 0.891. The van der Waals surface area contributed by atoms with Crippen molar-refractivity contribution in [3.8, 4) is 11.5 Å². The third-order valence-electron chi connectivity index (χ3n) is 5.29. The summed E-state index contributed by atoms with van der Waals surface area (Å²) >= 11 is 0. The molecule has 3 heterocycles. The number of carbonyl (C=O) groups excluding carboxylic acids is 1. The van der Waals surface area contributed by atoms with E-state index in [9.17, 15) is 4.79 Å². The Morgan fingerprint density at radius 2 is 1.96 bits per heavy atom. The monoisotopic (exact) mass is 370 g/mol. The van der Waals surface area contributed by atoms with Crippen LogP contribution in [0.1, 0.15) is 40.5 Å². The van der Waals surface area contributed by atoms with Gasteiger partial charge in [0.25, 0.3) is 5.91 Å². The molecule has 2 aliphatic rings. The van der Waals surface area contributed by atoms with Crippen LogP contribution >= 0.6 is 0 Å². The van der Waals surface area contributed by atoms with Crippen molar-refractivity contribution in [2.24, 2.45) is 7.05 Å². The van der Waals surface area contributed by atoms with Gasteiger partial charge in [0, 0.05) is 25.6 Å². The minimum absolute atomic E-state index is 0.0448. The zero-order valence-electron chi connectivity index (χ0n) is 15.9. The van der Waals surface area contributed by atoms with E-state index in [-0.39, 0.29) is 5.91 Å². The Kier molecular flexibility index (Phi) is 5.03. The molecule has 0 unspecified atom stereocenters. The second-order valence-electron chi connectivity index (χ2n) is 7.23. The second kappa shape index (κ2) is 7.60. The van der Waals surface area contributed by atoms with Crippen LogP contribution in [0.3, 0.4) is 0 Å². The normalized spacial score (nSPS) is 17.0. The minimum Gasteiger partial charge on any atom is -0.486 e. The van der Waals surface area contributed by atoms with Crippen molar-refractivity contribution in [3.05, 3.63) is 41.2 Å². The highest BCUT2D eigenvalue weighted by Gasteiger charge is 2.21. The van der Waals surface area contributed by atoms with Crippen LogP contribution in [0.25, 0.3) is 0 Å². The lowest BCUT2D eigenvalue weighted by Gasteiger charge is -2.21. The summed E-state index contributed by atoms with van der Waals surface area (Å²) in [4.78, 5) is 14.6. The van der Waals surface area contributed by atoms with E-state index < -0.39 is 0 Å². The average molecular weight is 370 g/mol. The van der Waals surface area contributed by atoms with Crippen molar-refractivity contribution in [2.75, 3.05) is 33.4 Å². The van der Waals surface area contributed by atoms with Crippen LogP contribution in [0.15, 0.2) is 24.3 Å². The average Bonchev–Trinajstić information content (AvgIpc) is 3.08. The van der Waals surface area contributed by atoms with Gasteiger partial charge in [-0.3, -0.25) is 9.48 Å². The Morgan fingerprint density at radius 3 is 2.74 bits per heavy atom. The molecule has 0 aliphatic carbocycles. The first-order valence-electron chi connectivity index (χ1n) is 9.50. The molecule has 1 amide bonds. The highest BCUT2D eigenvalue weighted by molar-refractivity contribution is 5.94. The zero-order valence-corrected chi connectivity index (χ0v) is 15.9. The van der Waals surface area contributed by atoms with Crippen molar-refractivity contribution in [3.63, 3.8) is 0 Å². The van der Waals surface area contributed by atoms with Gasteiger partial charge in [0.1, 0.15) is 13.2 Å². The molecule has 1 N–H and O–H groups in total. The third kappa shape index (κ3) is 3.78. The first kappa shape index (κ1) is 17.9. The van der Waals surface area contributed by atoms with Gasteiger partial charge in [0.2, 0.25) is 0 Å². The van der Waals surface area contributed by atoms with Gasteiger partial charge in [-0.25, -0.2) is 0 Å². The van der Waals surface area contributed by atoms with E-state index in [1.165, 1.54) is 0 Å². The molecule has 144 valence electrons. The Balaban J connectivity index is 1.46. The molecule has 0 saturated carbocycles. The van der Waals surface area contributed by atoms with Crippen molar-refractivity contribution in [1.29, 1.82) is 0 Å². The van der Waals surface area contributed by atoms with E-state index in [1.54, 1.807) is 23.1 Å². The number of benzene rings is 1. The Bertz CT molecular complexity index is 827. The number of aryl methyl sites for hydroxylation is 1. The maximum atomic E-state index is 12.8. The predicted molar refractivity (Wildman–Crippen MR) is 101 cm³/mol. The summed E-state index contributed by atoms with van der Waals surface area (Å²) in [5, 5.41) is 8.08. The van der Waals surface area contributed by atoms with Crippen LogP contribution in [0.2, 0.25) is 0 Å². The summed E-state index contributed by atoms with van der Waals surface area (Å²) in [5.74, 6) is 1.79. The molecule has 1 aromatic carbocycles. The number of nitrogens with one attached hydrogen (secondary N) is 1. The summed E-state index contributed by atoms with van der Waals surface area (Å²) in [6.45, 7) is 3.65. The molecule has 27 heavy (non-hydrogen) atoms. The number of hydrogen-bond acceptors (Lipinski definition) is 5. The first-order chi connectivity index (χ1) is 13.1. The number of piperidine rings is 1. The lowest BCUT2D eigenvalue weighted by molar-refractivity contribution is 0.0781. The molecular weight excluding hydrogens is 344 g/mol. The Labute approximate surface area is 159 Å². The van der Waals surface area contributed by atoms with Gasteiger partial charge in [0.15, 0.2) is 11.5 Å². The summed E-state index contributed by atoms with van der Waals surface area (Å²) < 4.78 is 13.0. The highest BCUT2D eigenvalue weighted by Crippen LogP contribution is 2.31. The van der Waals surface area contributed by atoms with Gasteiger partial charge in [0.05, 0.1) is 17.9 Å². The molecule has 2 aliphatic heterocycles. The second-order valence-corrected chi connectivity index (χ2v) is 7.23. The molecule has 1 fully saturated rings. The van der Waals surface area contributed by atoms with E-state index in [0.29, 0.717) is 42.7 Å². The molecular formula is C20H26N4O3. The molecule has 7 heteroatoms. The number of fused-ring (bicyclic) bond motifs is 1. The summed E-state index contributed by atoms with van der Waals surface area (Å²) in [6.07, 6.45) is 2.23. The molecule has 0 spiro atoms. The summed E-state index contributed by atoms with van der Waals surface area (Å²) in [7, 11) is 3.76. The van der Waals surface area contributed by atoms with Crippen LogP contribution in [0, 0.1) is 0 Å². The van der Waals surface area contributed by atoms with Gasteiger partial charge < -0.3 is 19.7 Å². The maximum Gasteiger partial charge on any atom is 0.254 e. The predicted octanol–water partition coefficient (Wildman–Crippen LogP) is 1.93. The number of amides is 1. The van der Waals surface area contributed by atoms with Gasteiger partial charge in [-0.1, -0.05) is 0 Å². The van der Waals surface area contributed by atoms with E-state index >= 15 is 0 Å². The van der Waals surface area contributed by atoms with E-state index in [0.717, 1.165) is 37.3 Å². The van der Waals surface area contributed by atoms with E-state index in [1.807, 2.05) is 18.8 Å². The zero-order chi connectivity index (χ0) is 18.8. The molecule has 2 aromatic rings. The van der Waals surface area contributed by atoms with Crippen LogP contribution in [-0.4, -0.2) is 53.9 Å². The van der Waals surface area contributed by atoms with Crippen LogP contribution in [0.5, 0.6) is 11.5 Å². The number of carbonyl (C=O) groups is 1. The molecule has 0 bridgehead atoms. The SMILES string of the molecule is CN(Cc1cc(C2CCNCC2)nn1C)C(=O)c1ccc2c(c1)OCCO2. The lowest BCUT2D eigenvalue weighted by Crippen LogP contribution is -2.27. The molecule has 1 aromatic heterocycles. The van der Waals surface area contributed by atoms with Gasteiger partial charge in [-0.05, 0) is 50.2 Å². The molecule has 4 rings (SSSR count). The van der Waals surface area contributed by atoms with Crippen molar-refractivity contribution >= 4 is 5.91 Å². The summed E-state index contributed by atoms with van der Waals surface area (Å²) in [5.41, 5.74) is 2.77. The number of rotatable bonds is 4. The fourth-order valence-electron chi connectivity index (χ4n) is 3.71. The first-order valence-corrected chi connectivity index (χ1v) is 9.50. The van der Waals surface area contributed by atoms with Crippen molar-refractivity contribution < 1.29 is 14.3 Å². The van der Waals surface area contributed by atoms with Crippen molar-refractivity contribution in [2.45, 2.75) is 25.3 Å². The number of ether oxygens (including phenoxy) is 2. The standard InChI is InChI=1S/C20H26N4O3/c1-23(20(25)15-3-4-18-19(11-15)27-10-9-26-18)13-16-12-17(22-24(16)2)14-5-7-21-8-6-14/h3-4,11-12,14,21H,5-10,13H2,1-2H3. The number of nitrogens with zero attached hydrogens (tertiary/aromatic N) is 3. The topological polar surface area (TPSA) is 68.6 Å². The van der Waals surface area contributed by atoms with Gasteiger partial charge in [-0.15, -0.1) is 0 Å². The molecule has 1 saturated heterocycles. The van der Waals surface area contributed by atoms with Gasteiger partial charge in [-0.2, -0.15) is 5.10 Å². The van der Waals surface area contributed by atoms with Crippen LogP contribution in [0.4, 0.5) is 0 Å². The third-order valence-corrected chi connectivity index (χ3v) is 5.29. The van der Waals surface area contributed by atoms with Crippen molar-refractivity contribution in [1.82, 2.24) is 20.0 Å². The number of aromatic nitrogens is 2. The fraction of sp³-hybridized carbons (Fsp3) is 0.500. The van der Waals surface area contributed by atoms with Gasteiger partial charge >= 0.3 is 0 Å². The Morgan fingerprint density at radius 1 is 1.22 bits per heavy atom. The van der Waals surface area contributed by atoms with Crippen LogP contribution < -0.4 is 14.8 Å². The molecule has 7 nitrogen and oxygen atoms in total. The summed E-state index contributed by atoms with van der Waals surface area (Å²) in [6, 6.07) is 7.49. The molecule has 0 atom stereocenters. The smallest absolute Gasteiger partial charge is 0.254 e. The largest absolute Gasteiger partial charge is 0.486 e. The Hall–Kier alpha value is -2.54. The lowest BCUT2D eigenvalue weighted by atomic mass is 9.94. The fourth-order valence-corrected chi connectivity index (χ4v) is 3.71. The van der Waals surface area contributed by atoms with E-state index in [4.69, 9.17) is 14.6 Å². The van der Waals surface area contributed by atoms with Crippen LogP contribution in [-0.2, 0) is 13.6 Å².